The number of hydrogen-bond acceptors (Lipinski definition) is 4. The van der Waals surface area contributed by atoms with Crippen molar-refractivity contribution in [3.8, 4) is 0 Å². The predicted octanol–water partition coefficient (Wildman–Crippen LogP) is 1.28. The highest BCUT2D eigenvalue weighted by Gasteiger charge is 2.29. The van der Waals surface area contributed by atoms with Gasteiger partial charge in [-0.25, -0.2) is 8.42 Å². The molecule has 17 heavy (non-hydrogen) atoms. The van der Waals surface area contributed by atoms with E-state index in [2.05, 4.69) is 0 Å². The van der Waals surface area contributed by atoms with Crippen LogP contribution in [0.1, 0.15) is 31.9 Å². The molecule has 0 aliphatic carbocycles. The minimum Gasteiger partial charge on any atom is -0.387 e. The second-order valence-electron chi connectivity index (χ2n) is 4.45. The standard InChI is InChI=1S/C12H18O4S/c1-4-12(2,14)11(13)9-5-7-10(8-6-9)17(3,15)16/h5-8,11,13-14H,4H2,1-3H3/t11-,12+/m1/s1. The first-order valence-corrected chi connectivity index (χ1v) is 7.28. The van der Waals surface area contributed by atoms with Crippen LogP contribution in [0.4, 0.5) is 0 Å². The van der Waals surface area contributed by atoms with Crippen LogP contribution >= 0.6 is 0 Å². The summed E-state index contributed by atoms with van der Waals surface area (Å²) in [5.41, 5.74) is -0.712. The summed E-state index contributed by atoms with van der Waals surface area (Å²) < 4.78 is 22.5. The molecule has 0 aliphatic rings. The lowest BCUT2D eigenvalue weighted by atomic mass is 9.91. The number of sulfone groups is 1. The molecule has 1 rings (SSSR count). The highest BCUT2D eigenvalue weighted by molar-refractivity contribution is 7.90. The van der Waals surface area contributed by atoms with Crippen molar-refractivity contribution in [3.05, 3.63) is 29.8 Å². The summed E-state index contributed by atoms with van der Waals surface area (Å²) in [5, 5.41) is 19.8. The maximum absolute atomic E-state index is 11.3. The van der Waals surface area contributed by atoms with Crippen molar-refractivity contribution in [2.75, 3.05) is 6.26 Å². The van der Waals surface area contributed by atoms with E-state index in [0.29, 0.717) is 12.0 Å². The van der Waals surface area contributed by atoms with E-state index < -0.39 is 21.5 Å². The van der Waals surface area contributed by atoms with Gasteiger partial charge in [-0.2, -0.15) is 0 Å². The molecule has 2 N–H and O–H groups in total. The minimum absolute atomic E-state index is 0.199. The molecule has 0 saturated heterocycles. The second kappa shape index (κ2) is 4.76. The predicted molar refractivity (Wildman–Crippen MR) is 65.4 cm³/mol. The lowest BCUT2D eigenvalue weighted by Crippen LogP contribution is -2.31. The Bertz CT molecular complexity index is 474. The zero-order valence-corrected chi connectivity index (χ0v) is 11.0. The van der Waals surface area contributed by atoms with Crippen LogP contribution in [0.3, 0.4) is 0 Å². The number of rotatable bonds is 4. The monoisotopic (exact) mass is 258 g/mol. The molecular weight excluding hydrogens is 240 g/mol. The SMILES string of the molecule is CC[C@](C)(O)[C@H](O)c1ccc(S(C)(=O)=O)cc1. The van der Waals surface area contributed by atoms with Gasteiger partial charge in [0.05, 0.1) is 10.5 Å². The molecule has 0 heterocycles. The van der Waals surface area contributed by atoms with E-state index in [9.17, 15) is 18.6 Å². The van der Waals surface area contributed by atoms with Crippen molar-refractivity contribution in [2.24, 2.45) is 0 Å². The fraction of sp³-hybridized carbons (Fsp3) is 0.500. The molecule has 0 aliphatic heterocycles. The molecule has 96 valence electrons. The Morgan fingerprint density at radius 2 is 1.76 bits per heavy atom. The van der Waals surface area contributed by atoms with Gasteiger partial charge >= 0.3 is 0 Å². The van der Waals surface area contributed by atoms with Gasteiger partial charge in [0.25, 0.3) is 0 Å². The Morgan fingerprint density at radius 3 is 2.12 bits per heavy atom. The van der Waals surface area contributed by atoms with Crippen LogP contribution in [0.25, 0.3) is 0 Å². The average molecular weight is 258 g/mol. The van der Waals surface area contributed by atoms with Crippen molar-refractivity contribution in [1.82, 2.24) is 0 Å². The molecule has 0 bridgehead atoms. The van der Waals surface area contributed by atoms with E-state index >= 15 is 0 Å². The quantitative estimate of drug-likeness (QED) is 0.853. The topological polar surface area (TPSA) is 74.6 Å². The molecule has 5 heteroatoms. The molecular formula is C12H18O4S. The Balaban J connectivity index is 3.04. The van der Waals surface area contributed by atoms with Gasteiger partial charge in [-0.05, 0) is 31.0 Å². The Labute approximate surface area is 102 Å². The average Bonchev–Trinajstić information content (AvgIpc) is 2.27. The van der Waals surface area contributed by atoms with E-state index in [-0.39, 0.29) is 4.90 Å². The Hall–Kier alpha value is -0.910. The molecule has 2 atom stereocenters. The Kier molecular flexibility index (Phi) is 3.96. The van der Waals surface area contributed by atoms with Gasteiger partial charge in [0.15, 0.2) is 9.84 Å². The molecule has 1 aromatic carbocycles. The third-order valence-electron chi connectivity index (χ3n) is 2.93. The van der Waals surface area contributed by atoms with Gasteiger partial charge in [-0.15, -0.1) is 0 Å². The van der Waals surface area contributed by atoms with Crippen molar-refractivity contribution in [3.63, 3.8) is 0 Å². The third-order valence-corrected chi connectivity index (χ3v) is 4.06. The summed E-state index contributed by atoms with van der Waals surface area (Å²) in [6, 6.07) is 5.90. The van der Waals surface area contributed by atoms with Gasteiger partial charge in [-0.3, -0.25) is 0 Å². The maximum Gasteiger partial charge on any atom is 0.175 e. The van der Waals surface area contributed by atoms with Crippen LogP contribution in [0.15, 0.2) is 29.2 Å². The van der Waals surface area contributed by atoms with Crippen molar-refractivity contribution in [1.29, 1.82) is 0 Å². The summed E-state index contributed by atoms with van der Waals surface area (Å²) in [4.78, 5) is 0.199. The summed E-state index contributed by atoms with van der Waals surface area (Å²) in [5.74, 6) is 0. The lowest BCUT2D eigenvalue weighted by Gasteiger charge is -2.28. The molecule has 0 unspecified atom stereocenters. The fourth-order valence-corrected chi connectivity index (χ4v) is 2.08. The molecule has 0 amide bonds. The van der Waals surface area contributed by atoms with Gasteiger partial charge in [0, 0.05) is 6.26 Å². The molecule has 0 radical (unpaired) electrons. The summed E-state index contributed by atoms with van der Waals surface area (Å²) in [6.07, 6.45) is 0.504. The largest absolute Gasteiger partial charge is 0.387 e. The van der Waals surface area contributed by atoms with Gasteiger partial charge in [0.2, 0.25) is 0 Å². The Morgan fingerprint density at radius 1 is 1.29 bits per heavy atom. The van der Waals surface area contributed by atoms with Crippen molar-refractivity contribution in [2.45, 2.75) is 36.9 Å². The molecule has 0 saturated carbocycles. The van der Waals surface area contributed by atoms with Crippen LogP contribution in [-0.4, -0.2) is 30.5 Å². The molecule has 1 aromatic rings. The van der Waals surface area contributed by atoms with E-state index in [4.69, 9.17) is 0 Å². The number of benzene rings is 1. The lowest BCUT2D eigenvalue weighted by molar-refractivity contribution is -0.0658. The van der Waals surface area contributed by atoms with Crippen LogP contribution < -0.4 is 0 Å². The fourth-order valence-electron chi connectivity index (χ4n) is 1.45. The zero-order valence-electron chi connectivity index (χ0n) is 10.2. The third kappa shape index (κ3) is 3.28. The van der Waals surface area contributed by atoms with E-state index in [1.807, 2.05) is 0 Å². The van der Waals surface area contributed by atoms with Crippen molar-refractivity contribution < 1.29 is 18.6 Å². The van der Waals surface area contributed by atoms with Crippen LogP contribution in [0.2, 0.25) is 0 Å². The zero-order chi connectivity index (χ0) is 13.3. The first kappa shape index (κ1) is 14.2. The molecule has 0 spiro atoms. The second-order valence-corrected chi connectivity index (χ2v) is 6.47. The van der Waals surface area contributed by atoms with E-state index in [1.165, 1.54) is 24.3 Å². The van der Waals surface area contributed by atoms with Gasteiger partial charge in [0.1, 0.15) is 6.10 Å². The summed E-state index contributed by atoms with van der Waals surface area (Å²) in [7, 11) is -3.23. The normalized spacial score (nSPS) is 17.5. The maximum atomic E-state index is 11.3. The van der Waals surface area contributed by atoms with Crippen LogP contribution in [-0.2, 0) is 9.84 Å². The molecule has 0 aromatic heterocycles. The first-order valence-electron chi connectivity index (χ1n) is 5.39. The van der Waals surface area contributed by atoms with E-state index in [1.54, 1.807) is 13.8 Å². The number of aliphatic hydroxyl groups excluding tert-OH is 1. The first-order chi connectivity index (χ1) is 7.68. The summed E-state index contributed by atoms with van der Waals surface area (Å²) >= 11 is 0. The van der Waals surface area contributed by atoms with Gasteiger partial charge < -0.3 is 10.2 Å². The summed E-state index contributed by atoms with van der Waals surface area (Å²) in [6.45, 7) is 3.32. The number of aliphatic hydroxyl groups is 2. The van der Waals surface area contributed by atoms with Crippen LogP contribution in [0.5, 0.6) is 0 Å². The van der Waals surface area contributed by atoms with Crippen LogP contribution in [0, 0.1) is 0 Å². The smallest absolute Gasteiger partial charge is 0.175 e. The van der Waals surface area contributed by atoms with E-state index in [0.717, 1.165) is 6.26 Å². The minimum atomic E-state index is -3.23. The van der Waals surface area contributed by atoms with Crippen molar-refractivity contribution >= 4 is 9.84 Å². The molecule has 0 fully saturated rings. The number of hydrogen-bond donors (Lipinski definition) is 2. The highest BCUT2D eigenvalue weighted by Crippen LogP contribution is 2.28. The van der Waals surface area contributed by atoms with Gasteiger partial charge in [-0.1, -0.05) is 19.1 Å². The highest BCUT2D eigenvalue weighted by atomic mass is 32.2. The molecule has 4 nitrogen and oxygen atoms in total.